The van der Waals surface area contributed by atoms with Crippen LogP contribution in [0.15, 0.2) is 5.38 Å². The quantitative estimate of drug-likeness (QED) is 0.768. The van der Waals surface area contributed by atoms with Gasteiger partial charge in [0.05, 0.1) is 18.1 Å². The van der Waals surface area contributed by atoms with Crippen molar-refractivity contribution in [1.82, 2.24) is 9.88 Å². The summed E-state index contributed by atoms with van der Waals surface area (Å²) in [6.07, 6.45) is 5.31. The van der Waals surface area contributed by atoms with E-state index in [0.29, 0.717) is 11.3 Å². The van der Waals surface area contributed by atoms with Gasteiger partial charge in [0, 0.05) is 11.4 Å². The Balaban J connectivity index is 1.86. The highest BCUT2D eigenvalue weighted by Crippen LogP contribution is 2.36. The normalized spacial score (nSPS) is 20.5. The summed E-state index contributed by atoms with van der Waals surface area (Å²) in [6.45, 7) is 5.74. The fraction of sp³-hybridized carbons (Fsp3) is 0.786. The van der Waals surface area contributed by atoms with Crippen molar-refractivity contribution in [3.8, 4) is 0 Å². The third-order valence-corrected chi connectivity index (χ3v) is 5.21. The Morgan fingerprint density at radius 1 is 1.44 bits per heavy atom. The first kappa shape index (κ1) is 14.3. The maximum Gasteiger partial charge on any atom is 0.107 e. The number of halogens is 1. The smallest absolute Gasteiger partial charge is 0.107 e. The van der Waals surface area contributed by atoms with Crippen LogP contribution >= 0.6 is 22.9 Å². The van der Waals surface area contributed by atoms with Gasteiger partial charge in [0.25, 0.3) is 0 Å². The Morgan fingerprint density at radius 2 is 2.11 bits per heavy atom. The van der Waals surface area contributed by atoms with Crippen LogP contribution in [-0.2, 0) is 12.4 Å². The molecule has 0 amide bonds. The molecule has 0 aliphatic heterocycles. The van der Waals surface area contributed by atoms with E-state index < -0.39 is 0 Å². The monoisotopic (exact) mass is 286 g/mol. The molecular weight excluding hydrogens is 264 g/mol. The predicted molar refractivity (Wildman–Crippen MR) is 79.2 cm³/mol. The van der Waals surface area contributed by atoms with E-state index in [1.165, 1.54) is 30.7 Å². The molecule has 4 heteroatoms. The molecule has 18 heavy (non-hydrogen) atoms. The minimum Gasteiger partial charge on any atom is -0.297 e. The highest BCUT2D eigenvalue weighted by molar-refractivity contribution is 7.09. The van der Waals surface area contributed by atoms with E-state index in [4.69, 9.17) is 11.6 Å². The summed E-state index contributed by atoms with van der Waals surface area (Å²) in [5, 5.41) is 3.26. The maximum absolute atomic E-state index is 5.79. The molecule has 0 saturated heterocycles. The minimum atomic E-state index is 0.526. The summed E-state index contributed by atoms with van der Waals surface area (Å²) in [6, 6.07) is 0.723. The highest BCUT2D eigenvalue weighted by Gasteiger charge is 2.28. The SMILES string of the molecule is CN(Cc1nc(CCl)cs1)C1CCC(C)(C)CC1. The van der Waals surface area contributed by atoms with Crippen molar-refractivity contribution < 1.29 is 0 Å². The molecule has 2 rings (SSSR count). The lowest BCUT2D eigenvalue weighted by molar-refractivity contribution is 0.123. The number of rotatable bonds is 4. The lowest BCUT2D eigenvalue weighted by Gasteiger charge is -2.38. The molecule has 1 fully saturated rings. The van der Waals surface area contributed by atoms with E-state index in [1.54, 1.807) is 11.3 Å². The van der Waals surface area contributed by atoms with Crippen LogP contribution in [0.2, 0.25) is 0 Å². The van der Waals surface area contributed by atoms with Crippen molar-refractivity contribution >= 4 is 22.9 Å². The molecule has 0 atom stereocenters. The van der Waals surface area contributed by atoms with Gasteiger partial charge in [-0.1, -0.05) is 13.8 Å². The van der Waals surface area contributed by atoms with Gasteiger partial charge >= 0.3 is 0 Å². The molecule has 0 unspecified atom stereocenters. The summed E-state index contributed by atoms with van der Waals surface area (Å²) in [4.78, 5) is 7.00. The fourth-order valence-electron chi connectivity index (χ4n) is 2.65. The number of nitrogens with zero attached hydrogens (tertiary/aromatic N) is 2. The van der Waals surface area contributed by atoms with Crippen molar-refractivity contribution in [2.45, 2.75) is 58.0 Å². The molecule has 0 N–H and O–H groups in total. The fourth-order valence-corrected chi connectivity index (χ4v) is 3.73. The van der Waals surface area contributed by atoms with Crippen molar-refractivity contribution in [3.05, 3.63) is 16.1 Å². The number of hydrogen-bond donors (Lipinski definition) is 0. The van der Waals surface area contributed by atoms with Crippen LogP contribution in [0.3, 0.4) is 0 Å². The van der Waals surface area contributed by atoms with Gasteiger partial charge in [0.15, 0.2) is 0 Å². The molecule has 0 radical (unpaired) electrons. The van der Waals surface area contributed by atoms with Gasteiger partial charge in [-0.15, -0.1) is 22.9 Å². The molecular formula is C14H23ClN2S. The van der Waals surface area contributed by atoms with E-state index >= 15 is 0 Å². The Labute approximate surface area is 119 Å². The van der Waals surface area contributed by atoms with Crippen LogP contribution in [-0.4, -0.2) is 23.0 Å². The van der Waals surface area contributed by atoms with Crippen molar-refractivity contribution in [3.63, 3.8) is 0 Å². The molecule has 1 aliphatic carbocycles. The Bertz CT molecular complexity index is 379. The molecule has 0 spiro atoms. The van der Waals surface area contributed by atoms with E-state index in [1.807, 2.05) is 0 Å². The van der Waals surface area contributed by atoms with Crippen molar-refractivity contribution in [2.24, 2.45) is 5.41 Å². The Morgan fingerprint density at radius 3 is 2.67 bits per heavy atom. The van der Waals surface area contributed by atoms with Crippen molar-refractivity contribution in [1.29, 1.82) is 0 Å². The van der Waals surface area contributed by atoms with E-state index in [9.17, 15) is 0 Å². The number of alkyl halides is 1. The summed E-state index contributed by atoms with van der Waals surface area (Å²) in [5.74, 6) is 0.526. The molecule has 1 aromatic heterocycles. The number of thiazole rings is 1. The van der Waals surface area contributed by atoms with Gasteiger partial charge in [-0.3, -0.25) is 4.90 Å². The molecule has 2 nitrogen and oxygen atoms in total. The lowest BCUT2D eigenvalue weighted by atomic mass is 9.75. The zero-order chi connectivity index (χ0) is 13.2. The zero-order valence-electron chi connectivity index (χ0n) is 11.6. The average molecular weight is 287 g/mol. The second-order valence-corrected chi connectivity index (χ2v) is 7.39. The Kier molecular flexibility index (Phi) is 4.68. The molecule has 1 aliphatic rings. The van der Waals surface area contributed by atoms with Gasteiger partial charge in [0.1, 0.15) is 5.01 Å². The highest BCUT2D eigenvalue weighted by atomic mass is 35.5. The first-order chi connectivity index (χ1) is 8.50. The van der Waals surface area contributed by atoms with Gasteiger partial charge in [-0.05, 0) is 38.1 Å². The van der Waals surface area contributed by atoms with Gasteiger partial charge in [0.2, 0.25) is 0 Å². The molecule has 102 valence electrons. The second-order valence-electron chi connectivity index (χ2n) is 6.18. The van der Waals surface area contributed by atoms with Gasteiger partial charge in [-0.2, -0.15) is 0 Å². The third-order valence-electron chi connectivity index (χ3n) is 4.05. The van der Waals surface area contributed by atoms with Crippen LogP contribution in [0, 0.1) is 5.41 Å². The van der Waals surface area contributed by atoms with Crippen LogP contribution in [0.1, 0.15) is 50.2 Å². The number of aromatic nitrogens is 1. The molecule has 0 bridgehead atoms. The molecule has 0 aromatic carbocycles. The lowest BCUT2D eigenvalue weighted by Crippen LogP contribution is -2.36. The topological polar surface area (TPSA) is 16.1 Å². The summed E-state index contributed by atoms with van der Waals surface area (Å²) >= 11 is 7.52. The predicted octanol–water partition coefficient (Wildman–Crippen LogP) is 4.28. The zero-order valence-corrected chi connectivity index (χ0v) is 13.2. The van der Waals surface area contributed by atoms with E-state index in [0.717, 1.165) is 18.3 Å². The van der Waals surface area contributed by atoms with Crippen LogP contribution in [0.5, 0.6) is 0 Å². The third kappa shape index (κ3) is 3.69. The second kappa shape index (κ2) is 5.89. The Hall–Kier alpha value is -0.120. The van der Waals surface area contributed by atoms with E-state index in [2.05, 4.69) is 36.2 Å². The maximum atomic E-state index is 5.79. The standard InChI is InChI=1S/C14H23ClN2S/c1-14(2)6-4-12(5-7-14)17(3)9-13-16-11(8-15)10-18-13/h10,12H,4-9H2,1-3H3. The van der Waals surface area contributed by atoms with Crippen LogP contribution in [0.25, 0.3) is 0 Å². The van der Waals surface area contributed by atoms with Gasteiger partial charge in [-0.25, -0.2) is 4.98 Å². The van der Waals surface area contributed by atoms with Gasteiger partial charge < -0.3 is 0 Å². The van der Waals surface area contributed by atoms with Crippen LogP contribution in [0.4, 0.5) is 0 Å². The number of hydrogen-bond acceptors (Lipinski definition) is 3. The summed E-state index contributed by atoms with van der Waals surface area (Å²) in [5.41, 5.74) is 1.56. The molecule has 1 saturated carbocycles. The largest absolute Gasteiger partial charge is 0.297 e. The average Bonchev–Trinajstić information content (AvgIpc) is 2.76. The first-order valence-corrected chi connectivity index (χ1v) is 8.11. The summed E-state index contributed by atoms with van der Waals surface area (Å²) < 4.78 is 0. The minimum absolute atomic E-state index is 0.526. The summed E-state index contributed by atoms with van der Waals surface area (Å²) in [7, 11) is 2.23. The van der Waals surface area contributed by atoms with Crippen LogP contribution < -0.4 is 0 Å². The molecule has 1 heterocycles. The first-order valence-electron chi connectivity index (χ1n) is 6.70. The molecule has 1 aromatic rings. The van der Waals surface area contributed by atoms with Crippen molar-refractivity contribution in [2.75, 3.05) is 7.05 Å². The van der Waals surface area contributed by atoms with E-state index in [-0.39, 0.29) is 0 Å².